The Labute approximate surface area is 91.5 Å². The number of rotatable bonds is 9. The minimum Gasteiger partial charge on any atom is -0.388 e. The Morgan fingerprint density at radius 3 is 2.21 bits per heavy atom. The number of aliphatic hydroxyl groups excluding tert-OH is 1. The molecule has 0 heterocycles. The molecule has 1 N–H and O–H groups in total. The van der Waals surface area contributed by atoms with Crippen molar-refractivity contribution < 1.29 is 9.90 Å². The maximum Gasteiger partial charge on any atom is 0.214 e. The van der Waals surface area contributed by atoms with Crippen molar-refractivity contribution in [2.75, 3.05) is 12.4 Å². The summed E-state index contributed by atoms with van der Waals surface area (Å²) in [6.45, 7) is 1.90. The first-order valence-corrected chi connectivity index (χ1v) is 6.56. The number of unbranched alkanes of at least 4 members (excludes halogenated alkanes) is 6. The van der Waals surface area contributed by atoms with Crippen LogP contribution in [0.5, 0.6) is 0 Å². The molecule has 0 aromatic carbocycles. The van der Waals surface area contributed by atoms with Crippen molar-refractivity contribution in [2.24, 2.45) is 0 Å². The topological polar surface area (TPSA) is 37.3 Å². The van der Waals surface area contributed by atoms with Crippen LogP contribution in [0.2, 0.25) is 0 Å². The molecule has 0 saturated carbocycles. The monoisotopic (exact) mass is 218 g/mol. The van der Waals surface area contributed by atoms with Gasteiger partial charge in [0.1, 0.15) is 6.61 Å². The molecule has 0 amide bonds. The van der Waals surface area contributed by atoms with Gasteiger partial charge in [-0.1, -0.05) is 57.2 Å². The van der Waals surface area contributed by atoms with Crippen molar-refractivity contribution in [1.82, 2.24) is 0 Å². The lowest BCUT2D eigenvalue weighted by Gasteiger charge is -2.00. The first kappa shape index (κ1) is 14.0. The summed E-state index contributed by atoms with van der Waals surface area (Å²) in [4.78, 5) is 10.7. The highest BCUT2D eigenvalue weighted by molar-refractivity contribution is 8.13. The molecule has 0 saturated heterocycles. The van der Waals surface area contributed by atoms with Crippen molar-refractivity contribution in [3.05, 3.63) is 0 Å². The predicted molar refractivity (Wildman–Crippen MR) is 62.5 cm³/mol. The number of carbonyl (C=O) groups excluding carboxylic acids is 1. The molecule has 14 heavy (non-hydrogen) atoms. The Balaban J connectivity index is 2.95. The van der Waals surface area contributed by atoms with Gasteiger partial charge in [0.25, 0.3) is 0 Å². The van der Waals surface area contributed by atoms with Crippen LogP contribution in [0, 0.1) is 0 Å². The largest absolute Gasteiger partial charge is 0.388 e. The summed E-state index contributed by atoms with van der Waals surface area (Å²) in [5.41, 5.74) is 0. The lowest BCUT2D eigenvalue weighted by molar-refractivity contribution is -0.113. The van der Waals surface area contributed by atoms with E-state index >= 15 is 0 Å². The summed E-state index contributed by atoms with van der Waals surface area (Å²) in [6, 6.07) is 0. The first-order valence-electron chi connectivity index (χ1n) is 5.57. The zero-order chi connectivity index (χ0) is 10.6. The molecule has 3 heteroatoms. The Kier molecular flexibility index (Phi) is 11.0. The van der Waals surface area contributed by atoms with E-state index in [0.29, 0.717) is 0 Å². The maximum atomic E-state index is 10.7. The molecule has 0 radical (unpaired) electrons. The van der Waals surface area contributed by atoms with Gasteiger partial charge in [-0.3, -0.25) is 4.79 Å². The van der Waals surface area contributed by atoms with Crippen LogP contribution in [-0.4, -0.2) is 22.6 Å². The number of carbonyl (C=O) groups is 1. The molecule has 0 aliphatic rings. The fraction of sp³-hybridized carbons (Fsp3) is 0.909. The van der Waals surface area contributed by atoms with Crippen LogP contribution in [0.4, 0.5) is 0 Å². The molecule has 0 bridgehead atoms. The fourth-order valence-electron chi connectivity index (χ4n) is 1.29. The van der Waals surface area contributed by atoms with E-state index in [0.717, 1.165) is 12.2 Å². The molecule has 0 atom stereocenters. The summed E-state index contributed by atoms with van der Waals surface area (Å²) in [5, 5.41) is 8.36. The Hall–Kier alpha value is -0.0200. The highest BCUT2D eigenvalue weighted by Crippen LogP contribution is 2.10. The molecule has 0 unspecified atom stereocenters. The molecule has 0 fully saturated rings. The van der Waals surface area contributed by atoms with Gasteiger partial charge in [0.15, 0.2) is 0 Å². The second-order valence-electron chi connectivity index (χ2n) is 3.50. The van der Waals surface area contributed by atoms with Gasteiger partial charge in [0.05, 0.1) is 0 Å². The van der Waals surface area contributed by atoms with E-state index in [-0.39, 0.29) is 11.7 Å². The third kappa shape index (κ3) is 10.1. The molecular formula is C11H22O2S. The second kappa shape index (κ2) is 11.1. The zero-order valence-electron chi connectivity index (χ0n) is 9.13. The second-order valence-corrected chi connectivity index (χ2v) is 4.65. The van der Waals surface area contributed by atoms with Gasteiger partial charge < -0.3 is 5.11 Å². The van der Waals surface area contributed by atoms with Crippen molar-refractivity contribution in [2.45, 2.75) is 51.9 Å². The predicted octanol–water partition coefficient (Wildman–Crippen LogP) is 2.99. The first-order chi connectivity index (χ1) is 6.81. The number of thioether (sulfide) groups is 1. The lowest BCUT2D eigenvalue weighted by Crippen LogP contribution is -1.98. The molecule has 0 aliphatic heterocycles. The van der Waals surface area contributed by atoms with E-state index in [1.165, 1.54) is 50.3 Å². The third-order valence-corrected chi connectivity index (χ3v) is 3.08. The summed E-state index contributed by atoms with van der Waals surface area (Å²) in [6.07, 6.45) is 8.91. The van der Waals surface area contributed by atoms with Gasteiger partial charge in [0.2, 0.25) is 5.12 Å². The Morgan fingerprint density at radius 2 is 1.64 bits per heavy atom. The van der Waals surface area contributed by atoms with Gasteiger partial charge in [-0.25, -0.2) is 0 Å². The number of aliphatic hydroxyl groups is 1. The van der Waals surface area contributed by atoms with Crippen molar-refractivity contribution in [3.8, 4) is 0 Å². The van der Waals surface area contributed by atoms with E-state index < -0.39 is 0 Å². The van der Waals surface area contributed by atoms with Gasteiger partial charge in [0, 0.05) is 5.75 Å². The van der Waals surface area contributed by atoms with Crippen LogP contribution >= 0.6 is 11.8 Å². The molecular weight excluding hydrogens is 196 g/mol. The maximum absolute atomic E-state index is 10.7. The summed E-state index contributed by atoms with van der Waals surface area (Å²) < 4.78 is 0. The van der Waals surface area contributed by atoms with E-state index in [9.17, 15) is 4.79 Å². The minimum absolute atomic E-state index is 0.101. The van der Waals surface area contributed by atoms with Crippen LogP contribution in [0.1, 0.15) is 51.9 Å². The standard InChI is InChI=1S/C11H22O2S/c1-2-3-4-5-6-7-8-9-14-11(13)10-12/h12H,2-10H2,1H3. The van der Waals surface area contributed by atoms with Crippen LogP contribution in [0.15, 0.2) is 0 Å². The molecule has 0 spiro atoms. The molecule has 0 rings (SSSR count). The van der Waals surface area contributed by atoms with Crippen LogP contribution in [0.3, 0.4) is 0 Å². The van der Waals surface area contributed by atoms with E-state index in [2.05, 4.69) is 6.92 Å². The molecule has 84 valence electrons. The van der Waals surface area contributed by atoms with E-state index in [1.807, 2.05) is 0 Å². The summed E-state index contributed by atoms with van der Waals surface area (Å²) >= 11 is 1.26. The fourth-order valence-corrected chi connectivity index (χ4v) is 1.96. The van der Waals surface area contributed by atoms with Crippen LogP contribution < -0.4 is 0 Å². The van der Waals surface area contributed by atoms with Crippen molar-refractivity contribution >= 4 is 16.9 Å². The van der Waals surface area contributed by atoms with Crippen molar-refractivity contribution in [3.63, 3.8) is 0 Å². The van der Waals surface area contributed by atoms with Gasteiger partial charge in [-0.05, 0) is 6.42 Å². The van der Waals surface area contributed by atoms with Crippen molar-refractivity contribution in [1.29, 1.82) is 0 Å². The van der Waals surface area contributed by atoms with Gasteiger partial charge in [-0.15, -0.1) is 0 Å². The van der Waals surface area contributed by atoms with Crippen LogP contribution in [0.25, 0.3) is 0 Å². The molecule has 0 aromatic rings. The van der Waals surface area contributed by atoms with Crippen LogP contribution in [-0.2, 0) is 4.79 Å². The van der Waals surface area contributed by atoms with E-state index in [4.69, 9.17) is 5.11 Å². The van der Waals surface area contributed by atoms with Gasteiger partial charge in [-0.2, -0.15) is 0 Å². The molecule has 0 aromatic heterocycles. The average Bonchev–Trinajstić information content (AvgIpc) is 2.21. The third-order valence-electron chi connectivity index (χ3n) is 2.14. The Morgan fingerprint density at radius 1 is 1.07 bits per heavy atom. The quantitative estimate of drug-likeness (QED) is 0.604. The van der Waals surface area contributed by atoms with E-state index in [1.54, 1.807) is 0 Å². The smallest absolute Gasteiger partial charge is 0.214 e. The highest BCUT2D eigenvalue weighted by atomic mass is 32.2. The van der Waals surface area contributed by atoms with Gasteiger partial charge >= 0.3 is 0 Å². The minimum atomic E-state index is -0.318. The SMILES string of the molecule is CCCCCCCCCSC(=O)CO. The molecule has 2 nitrogen and oxygen atoms in total. The lowest BCUT2D eigenvalue weighted by atomic mass is 10.1. The Bertz CT molecular complexity index is 137. The summed E-state index contributed by atoms with van der Waals surface area (Å²) in [7, 11) is 0. The highest BCUT2D eigenvalue weighted by Gasteiger charge is 1.98. The molecule has 0 aliphatic carbocycles. The zero-order valence-corrected chi connectivity index (χ0v) is 9.94. The number of hydrogen-bond donors (Lipinski definition) is 1. The normalized spacial score (nSPS) is 10.4. The summed E-state index contributed by atoms with van der Waals surface area (Å²) in [5.74, 6) is 0.868. The number of hydrogen-bond acceptors (Lipinski definition) is 3. The average molecular weight is 218 g/mol.